The van der Waals surface area contributed by atoms with E-state index in [0.717, 1.165) is 56.6 Å². The number of aromatic nitrogens is 2. The number of rotatable bonds is 3. The van der Waals surface area contributed by atoms with Gasteiger partial charge in [0, 0.05) is 36.9 Å². The first kappa shape index (κ1) is 16.3. The SMILES string of the molecule is CCc1ccc(-n2nc(C(=O)N3CCNC(C)C3)c3c2CCC3)cc1. The van der Waals surface area contributed by atoms with E-state index >= 15 is 0 Å². The Hall–Kier alpha value is -2.14. The highest BCUT2D eigenvalue weighted by atomic mass is 16.2. The molecule has 1 atom stereocenters. The summed E-state index contributed by atoms with van der Waals surface area (Å²) in [7, 11) is 0. The van der Waals surface area contributed by atoms with Crippen molar-refractivity contribution in [1.29, 1.82) is 0 Å². The molecule has 1 aliphatic heterocycles. The van der Waals surface area contributed by atoms with Crippen LogP contribution in [0.1, 0.15) is 47.6 Å². The van der Waals surface area contributed by atoms with Gasteiger partial charge < -0.3 is 10.2 Å². The number of hydrogen-bond acceptors (Lipinski definition) is 3. The molecule has 1 aliphatic carbocycles. The fourth-order valence-corrected chi connectivity index (χ4v) is 3.96. The molecular weight excluding hydrogens is 312 g/mol. The highest BCUT2D eigenvalue weighted by molar-refractivity contribution is 5.94. The van der Waals surface area contributed by atoms with Gasteiger partial charge in [0.1, 0.15) is 0 Å². The first-order valence-corrected chi connectivity index (χ1v) is 9.40. The van der Waals surface area contributed by atoms with Gasteiger partial charge in [-0.25, -0.2) is 4.68 Å². The summed E-state index contributed by atoms with van der Waals surface area (Å²) in [6.07, 6.45) is 4.11. The van der Waals surface area contributed by atoms with Crippen LogP contribution < -0.4 is 5.32 Å². The second-order valence-corrected chi connectivity index (χ2v) is 7.17. The average molecular weight is 338 g/mol. The highest BCUT2D eigenvalue weighted by Crippen LogP contribution is 2.29. The number of nitrogens with one attached hydrogen (secondary N) is 1. The van der Waals surface area contributed by atoms with Gasteiger partial charge in [0.2, 0.25) is 0 Å². The zero-order chi connectivity index (χ0) is 17.4. The van der Waals surface area contributed by atoms with Gasteiger partial charge in [0.05, 0.1) is 5.69 Å². The molecule has 5 heteroatoms. The van der Waals surface area contributed by atoms with E-state index in [0.29, 0.717) is 11.7 Å². The smallest absolute Gasteiger partial charge is 0.274 e. The number of amides is 1. The molecule has 1 fully saturated rings. The summed E-state index contributed by atoms with van der Waals surface area (Å²) in [5.41, 5.74) is 5.43. The third-order valence-corrected chi connectivity index (χ3v) is 5.38. The average Bonchev–Trinajstić information content (AvgIpc) is 3.24. The minimum Gasteiger partial charge on any atom is -0.334 e. The Kier molecular flexibility index (Phi) is 4.34. The van der Waals surface area contributed by atoms with Crippen molar-refractivity contribution in [2.45, 2.75) is 45.6 Å². The van der Waals surface area contributed by atoms with Crippen LogP contribution >= 0.6 is 0 Å². The number of nitrogens with zero attached hydrogens (tertiary/aromatic N) is 3. The van der Waals surface area contributed by atoms with Gasteiger partial charge in [-0.05, 0) is 50.3 Å². The Bertz CT molecular complexity index is 778. The van der Waals surface area contributed by atoms with Crippen molar-refractivity contribution in [2.75, 3.05) is 19.6 Å². The Morgan fingerprint density at radius 3 is 2.80 bits per heavy atom. The van der Waals surface area contributed by atoms with E-state index in [9.17, 15) is 4.79 Å². The van der Waals surface area contributed by atoms with Crippen molar-refractivity contribution in [1.82, 2.24) is 20.0 Å². The van der Waals surface area contributed by atoms with Crippen LogP contribution in [-0.2, 0) is 19.3 Å². The first-order chi connectivity index (χ1) is 12.2. The number of aryl methyl sites for hydroxylation is 1. The van der Waals surface area contributed by atoms with Crippen LogP contribution in [0.3, 0.4) is 0 Å². The molecule has 2 aliphatic rings. The van der Waals surface area contributed by atoms with Gasteiger partial charge in [-0.1, -0.05) is 19.1 Å². The molecule has 2 aromatic rings. The molecule has 0 saturated carbocycles. The molecule has 0 spiro atoms. The number of piperazine rings is 1. The standard InChI is InChI=1S/C20H26N4O/c1-3-15-7-9-16(10-8-15)24-18-6-4-5-17(18)19(22-24)20(25)23-12-11-21-14(2)13-23/h7-10,14,21H,3-6,11-13H2,1-2H3. The van der Waals surface area contributed by atoms with Gasteiger partial charge in [0.15, 0.2) is 5.69 Å². The second-order valence-electron chi connectivity index (χ2n) is 7.17. The zero-order valence-electron chi connectivity index (χ0n) is 15.1. The summed E-state index contributed by atoms with van der Waals surface area (Å²) in [5, 5.41) is 8.16. The summed E-state index contributed by atoms with van der Waals surface area (Å²) in [6, 6.07) is 8.88. The van der Waals surface area contributed by atoms with Crippen LogP contribution in [0, 0.1) is 0 Å². The predicted octanol–water partition coefficient (Wildman–Crippen LogP) is 2.36. The molecule has 0 bridgehead atoms. The van der Waals surface area contributed by atoms with E-state index in [1.807, 2.05) is 9.58 Å². The number of carbonyl (C=O) groups excluding carboxylic acids is 1. The van der Waals surface area contributed by atoms with E-state index in [2.05, 4.69) is 43.4 Å². The summed E-state index contributed by atoms with van der Waals surface area (Å²) >= 11 is 0. The van der Waals surface area contributed by atoms with Crippen molar-refractivity contribution < 1.29 is 4.79 Å². The topological polar surface area (TPSA) is 50.2 Å². The second kappa shape index (κ2) is 6.64. The van der Waals surface area contributed by atoms with Gasteiger partial charge in [-0.3, -0.25) is 4.79 Å². The molecule has 4 rings (SSSR count). The van der Waals surface area contributed by atoms with Crippen LogP contribution in [0.5, 0.6) is 0 Å². The van der Waals surface area contributed by atoms with Gasteiger partial charge in [-0.2, -0.15) is 5.10 Å². The molecule has 1 saturated heterocycles. The largest absolute Gasteiger partial charge is 0.334 e. The van der Waals surface area contributed by atoms with E-state index < -0.39 is 0 Å². The minimum atomic E-state index is 0.0930. The van der Waals surface area contributed by atoms with E-state index in [-0.39, 0.29) is 5.91 Å². The lowest BCUT2D eigenvalue weighted by atomic mass is 10.1. The van der Waals surface area contributed by atoms with Crippen LogP contribution in [0.25, 0.3) is 5.69 Å². The molecule has 1 aromatic carbocycles. The Balaban J connectivity index is 1.68. The third kappa shape index (κ3) is 2.97. The van der Waals surface area contributed by atoms with Crippen molar-refractivity contribution in [3.63, 3.8) is 0 Å². The molecule has 1 N–H and O–H groups in total. The van der Waals surface area contributed by atoms with Crippen LogP contribution in [0.4, 0.5) is 0 Å². The molecule has 0 radical (unpaired) electrons. The van der Waals surface area contributed by atoms with Crippen molar-refractivity contribution in [2.24, 2.45) is 0 Å². The van der Waals surface area contributed by atoms with Crippen LogP contribution in [0.2, 0.25) is 0 Å². The lowest BCUT2D eigenvalue weighted by Gasteiger charge is -2.31. The fraction of sp³-hybridized carbons (Fsp3) is 0.500. The quantitative estimate of drug-likeness (QED) is 0.935. The van der Waals surface area contributed by atoms with Gasteiger partial charge in [0.25, 0.3) is 5.91 Å². The Labute approximate surface area is 149 Å². The number of carbonyl (C=O) groups is 1. The normalized spacial score (nSPS) is 19.9. The molecule has 1 unspecified atom stereocenters. The number of fused-ring (bicyclic) bond motifs is 1. The zero-order valence-corrected chi connectivity index (χ0v) is 15.1. The lowest BCUT2D eigenvalue weighted by Crippen LogP contribution is -2.51. The van der Waals surface area contributed by atoms with E-state index in [1.165, 1.54) is 11.3 Å². The maximum Gasteiger partial charge on any atom is 0.274 e. The van der Waals surface area contributed by atoms with Gasteiger partial charge in [-0.15, -0.1) is 0 Å². The molecule has 132 valence electrons. The fourth-order valence-electron chi connectivity index (χ4n) is 3.96. The van der Waals surface area contributed by atoms with Crippen LogP contribution in [0.15, 0.2) is 24.3 Å². The van der Waals surface area contributed by atoms with Crippen molar-refractivity contribution in [3.05, 3.63) is 46.8 Å². The summed E-state index contributed by atoms with van der Waals surface area (Å²) in [5.74, 6) is 0.0930. The Morgan fingerprint density at radius 2 is 2.08 bits per heavy atom. The summed E-state index contributed by atoms with van der Waals surface area (Å²) < 4.78 is 2.00. The lowest BCUT2D eigenvalue weighted by molar-refractivity contribution is 0.0701. The van der Waals surface area contributed by atoms with Gasteiger partial charge >= 0.3 is 0 Å². The number of benzene rings is 1. The molecule has 1 amide bonds. The monoisotopic (exact) mass is 338 g/mol. The minimum absolute atomic E-state index is 0.0930. The Morgan fingerprint density at radius 1 is 1.28 bits per heavy atom. The number of hydrogen-bond donors (Lipinski definition) is 1. The predicted molar refractivity (Wildman–Crippen MR) is 98.3 cm³/mol. The maximum atomic E-state index is 13.1. The summed E-state index contributed by atoms with van der Waals surface area (Å²) in [4.78, 5) is 15.0. The molecule has 25 heavy (non-hydrogen) atoms. The van der Waals surface area contributed by atoms with Crippen molar-refractivity contribution >= 4 is 5.91 Å². The highest BCUT2D eigenvalue weighted by Gasteiger charge is 2.31. The third-order valence-electron chi connectivity index (χ3n) is 5.38. The van der Waals surface area contributed by atoms with E-state index in [4.69, 9.17) is 5.10 Å². The molecule has 5 nitrogen and oxygen atoms in total. The summed E-state index contributed by atoms with van der Waals surface area (Å²) in [6.45, 7) is 6.65. The maximum absolute atomic E-state index is 13.1. The van der Waals surface area contributed by atoms with E-state index in [1.54, 1.807) is 0 Å². The molecule has 1 aromatic heterocycles. The molecule has 2 heterocycles. The first-order valence-electron chi connectivity index (χ1n) is 9.40. The molecular formula is C20H26N4O. The van der Waals surface area contributed by atoms with Crippen molar-refractivity contribution in [3.8, 4) is 5.69 Å². The van der Waals surface area contributed by atoms with Crippen LogP contribution in [-0.4, -0.2) is 46.3 Å².